The summed E-state index contributed by atoms with van der Waals surface area (Å²) in [5.74, 6) is -0.708. The molecule has 0 radical (unpaired) electrons. The molecule has 0 spiro atoms. The van der Waals surface area contributed by atoms with Crippen molar-refractivity contribution < 1.29 is 19.5 Å². The molecule has 226 valence electrons. The molecule has 2 atom stereocenters. The lowest BCUT2D eigenvalue weighted by Gasteiger charge is -2.27. The molecule has 8 nitrogen and oxygen atoms in total. The van der Waals surface area contributed by atoms with Crippen LogP contribution in [0.5, 0.6) is 0 Å². The summed E-state index contributed by atoms with van der Waals surface area (Å²) in [6, 6.07) is 28.5. The van der Waals surface area contributed by atoms with E-state index in [2.05, 4.69) is 10.6 Å². The molecule has 0 saturated carbocycles. The van der Waals surface area contributed by atoms with Crippen molar-refractivity contribution in [1.29, 1.82) is 0 Å². The minimum atomic E-state index is -0.866. The van der Waals surface area contributed by atoms with E-state index < -0.39 is 12.1 Å². The van der Waals surface area contributed by atoms with E-state index in [4.69, 9.17) is 5.73 Å². The lowest BCUT2D eigenvalue weighted by Crippen LogP contribution is -2.50. The van der Waals surface area contributed by atoms with Gasteiger partial charge in [-0.1, -0.05) is 91.0 Å². The van der Waals surface area contributed by atoms with Gasteiger partial charge in [-0.2, -0.15) is 0 Å². The quantitative estimate of drug-likeness (QED) is 0.183. The molecule has 44 heavy (non-hydrogen) atoms. The van der Waals surface area contributed by atoms with Crippen molar-refractivity contribution in [2.45, 2.75) is 37.8 Å². The van der Waals surface area contributed by atoms with Gasteiger partial charge in [0.05, 0.1) is 11.8 Å². The molecule has 1 aliphatic rings. The van der Waals surface area contributed by atoms with Crippen LogP contribution in [0, 0.1) is 0 Å². The van der Waals surface area contributed by atoms with Crippen LogP contribution in [-0.2, 0) is 16.0 Å². The van der Waals surface area contributed by atoms with Gasteiger partial charge in [0, 0.05) is 38.0 Å². The fraction of sp³-hybridized carbons (Fsp3) is 0.250. The van der Waals surface area contributed by atoms with Crippen LogP contribution in [0.2, 0.25) is 0 Å². The van der Waals surface area contributed by atoms with Crippen LogP contribution in [0.4, 0.5) is 5.69 Å². The molecular formula is C36H38N4O4. The number of amides is 3. The molecule has 0 aromatic heterocycles. The standard InChI is InChI=1S/C36H38N4O4/c37-23-30(41)24-38-35(43)32(22-25-16-17-26-9-1-2-12-29(26)21-25)39-34(42)15-7-8-20-40-33-14-6-4-11-28(33)19-18-27-10-3-5-13-31(27)36(40)44/h1-6,9-14,16-19,21,30,32,41H,7-8,15,20,22-24,37H2,(H,38,43)(H,39,42)/b19-18-/t30-,32?/m1/s1. The van der Waals surface area contributed by atoms with Gasteiger partial charge < -0.3 is 26.4 Å². The second-order valence-corrected chi connectivity index (χ2v) is 11.0. The number of aliphatic hydroxyl groups is 1. The van der Waals surface area contributed by atoms with Crippen molar-refractivity contribution >= 4 is 46.3 Å². The first-order chi connectivity index (χ1) is 21.4. The highest BCUT2D eigenvalue weighted by Crippen LogP contribution is 2.29. The molecule has 8 heteroatoms. The van der Waals surface area contributed by atoms with Crippen LogP contribution in [0.15, 0.2) is 91.0 Å². The molecule has 4 aromatic carbocycles. The normalized spacial score (nSPS) is 14.5. The van der Waals surface area contributed by atoms with Crippen LogP contribution in [0.3, 0.4) is 0 Å². The topological polar surface area (TPSA) is 125 Å². The van der Waals surface area contributed by atoms with E-state index in [9.17, 15) is 19.5 Å². The highest BCUT2D eigenvalue weighted by Gasteiger charge is 2.24. The second-order valence-electron chi connectivity index (χ2n) is 11.0. The maximum atomic E-state index is 13.6. The summed E-state index contributed by atoms with van der Waals surface area (Å²) >= 11 is 0. The molecule has 5 rings (SSSR count). The molecule has 1 unspecified atom stereocenters. The Morgan fingerprint density at radius 3 is 2.36 bits per heavy atom. The third-order valence-electron chi connectivity index (χ3n) is 7.83. The van der Waals surface area contributed by atoms with Crippen LogP contribution in [0.25, 0.3) is 22.9 Å². The highest BCUT2D eigenvalue weighted by molar-refractivity contribution is 6.11. The first-order valence-corrected chi connectivity index (χ1v) is 15.0. The molecule has 0 saturated heterocycles. The number of rotatable bonds is 12. The van der Waals surface area contributed by atoms with E-state index >= 15 is 0 Å². The summed E-state index contributed by atoms with van der Waals surface area (Å²) in [4.78, 5) is 41.6. The van der Waals surface area contributed by atoms with Crippen molar-refractivity contribution in [1.82, 2.24) is 10.6 Å². The van der Waals surface area contributed by atoms with E-state index in [1.54, 1.807) is 4.90 Å². The average molecular weight is 591 g/mol. The van der Waals surface area contributed by atoms with Crippen LogP contribution >= 0.6 is 0 Å². The molecule has 0 fully saturated rings. The van der Waals surface area contributed by atoms with Crippen molar-refractivity contribution in [2.24, 2.45) is 5.73 Å². The SMILES string of the molecule is NC[C@@H](O)CNC(=O)C(Cc1ccc2ccccc2c1)NC(=O)CCCCN1C(=O)c2ccccc2/C=C\c2ccccc21. The number of carbonyl (C=O) groups excluding carboxylic acids is 3. The van der Waals surface area contributed by atoms with Gasteiger partial charge in [-0.05, 0) is 52.4 Å². The lowest BCUT2D eigenvalue weighted by molar-refractivity contribution is -0.129. The molecule has 0 aliphatic carbocycles. The zero-order chi connectivity index (χ0) is 30.9. The zero-order valence-corrected chi connectivity index (χ0v) is 24.6. The molecular weight excluding hydrogens is 552 g/mol. The van der Waals surface area contributed by atoms with Crippen LogP contribution < -0.4 is 21.3 Å². The Bertz CT molecular complexity index is 1670. The zero-order valence-electron chi connectivity index (χ0n) is 24.6. The maximum Gasteiger partial charge on any atom is 0.258 e. The fourth-order valence-electron chi connectivity index (χ4n) is 5.43. The van der Waals surface area contributed by atoms with Crippen LogP contribution in [0.1, 0.15) is 46.3 Å². The Balaban J connectivity index is 1.23. The predicted octanol–water partition coefficient (Wildman–Crippen LogP) is 4.30. The van der Waals surface area contributed by atoms with E-state index in [1.807, 2.05) is 103 Å². The Kier molecular flexibility index (Phi) is 10.2. The summed E-state index contributed by atoms with van der Waals surface area (Å²) in [5.41, 5.74) is 9.69. The van der Waals surface area contributed by atoms with Gasteiger partial charge in [0.1, 0.15) is 6.04 Å². The summed E-state index contributed by atoms with van der Waals surface area (Å²) in [6.07, 6.45) is 4.76. The number of nitrogens with zero attached hydrogens (tertiary/aromatic N) is 1. The first kappa shape index (κ1) is 30.7. The van der Waals surface area contributed by atoms with E-state index in [0.29, 0.717) is 31.4 Å². The predicted molar refractivity (Wildman–Crippen MR) is 175 cm³/mol. The molecule has 5 N–H and O–H groups in total. The molecule has 1 aliphatic heterocycles. The largest absolute Gasteiger partial charge is 0.390 e. The summed E-state index contributed by atoms with van der Waals surface area (Å²) in [6.45, 7) is 0.472. The third kappa shape index (κ3) is 7.58. The van der Waals surface area contributed by atoms with Crippen molar-refractivity contribution in [3.63, 3.8) is 0 Å². The Morgan fingerprint density at radius 2 is 1.55 bits per heavy atom. The smallest absolute Gasteiger partial charge is 0.258 e. The molecule has 3 amide bonds. The minimum Gasteiger partial charge on any atom is -0.390 e. The Labute approximate surface area is 257 Å². The van der Waals surface area contributed by atoms with Crippen molar-refractivity contribution in [3.8, 4) is 0 Å². The number of hydrogen-bond acceptors (Lipinski definition) is 5. The average Bonchev–Trinajstić information content (AvgIpc) is 3.05. The number of nitrogens with one attached hydrogen (secondary N) is 2. The van der Waals surface area contributed by atoms with Crippen molar-refractivity contribution in [2.75, 3.05) is 24.5 Å². The number of carbonyl (C=O) groups is 3. The number of aliphatic hydroxyl groups excluding tert-OH is 1. The summed E-state index contributed by atoms with van der Waals surface area (Å²) in [7, 11) is 0. The first-order valence-electron chi connectivity index (χ1n) is 15.0. The maximum absolute atomic E-state index is 13.6. The van der Waals surface area contributed by atoms with Gasteiger partial charge in [0.15, 0.2) is 0 Å². The number of unbranched alkanes of at least 4 members (excludes halogenated alkanes) is 1. The van der Waals surface area contributed by atoms with Crippen molar-refractivity contribution in [3.05, 3.63) is 113 Å². The number of para-hydroxylation sites is 1. The van der Waals surface area contributed by atoms with Gasteiger partial charge >= 0.3 is 0 Å². The number of anilines is 1. The fourth-order valence-corrected chi connectivity index (χ4v) is 5.43. The van der Waals surface area contributed by atoms with Gasteiger partial charge in [0.25, 0.3) is 5.91 Å². The second kappa shape index (κ2) is 14.6. The number of benzene rings is 4. The van der Waals surface area contributed by atoms with Gasteiger partial charge in [-0.3, -0.25) is 14.4 Å². The third-order valence-corrected chi connectivity index (χ3v) is 7.83. The minimum absolute atomic E-state index is 0.00305. The van der Waals surface area contributed by atoms with Gasteiger partial charge in [0.2, 0.25) is 11.8 Å². The molecule has 0 bridgehead atoms. The van der Waals surface area contributed by atoms with Gasteiger partial charge in [-0.25, -0.2) is 0 Å². The Hall–Kier alpha value is -4.79. The number of fused-ring (bicyclic) bond motifs is 3. The molecule has 1 heterocycles. The Morgan fingerprint density at radius 1 is 0.841 bits per heavy atom. The summed E-state index contributed by atoms with van der Waals surface area (Å²) in [5, 5.41) is 17.6. The van der Waals surface area contributed by atoms with Gasteiger partial charge in [-0.15, -0.1) is 0 Å². The van der Waals surface area contributed by atoms with Crippen LogP contribution in [-0.4, -0.2) is 54.6 Å². The van der Waals surface area contributed by atoms with E-state index in [0.717, 1.165) is 33.2 Å². The summed E-state index contributed by atoms with van der Waals surface area (Å²) < 4.78 is 0. The highest BCUT2D eigenvalue weighted by atomic mass is 16.3. The monoisotopic (exact) mass is 590 g/mol. The lowest BCUT2D eigenvalue weighted by atomic mass is 10.00. The molecule has 4 aromatic rings. The van der Waals surface area contributed by atoms with E-state index in [1.165, 1.54) is 0 Å². The number of hydrogen-bond donors (Lipinski definition) is 4. The van der Waals surface area contributed by atoms with E-state index in [-0.39, 0.29) is 37.2 Å². The number of nitrogens with two attached hydrogens (primary N) is 1.